The Bertz CT molecular complexity index is 723. The summed E-state index contributed by atoms with van der Waals surface area (Å²) < 4.78 is 0. The van der Waals surface area contributed by atoms with Crippen molar-refractivity contribution in [1.29, 1.82) is 0 Å². The normalized spacial score (nSPS) is 20.2. The Hall–Kier alpha value is -2.10. The van der Waals surface area contributed by atoms with Gasteiger partial charge in [0, 0.05) is 5.57 Å². The van der Waals surface area contributed by atoms with E-state index in [9.17, 15) is 19.8 Å². The van der Waals surface area contributed by atoms with Gasteiger partial charge in [0.1, 0.15) is 17.1 Å². The second-order valence-corrected chi connectivity index (χ2v) is 8.42. The first kappa shape index (κ1) is 22.9. The molecule has 4 heteroatoms. The molecule has 150 valence electrons. The summed E-state index contributed by atoms with van der Waals surface area (Å²) in [5.74, 6) is -1.06. The molecule has 1 aliphatic rings. The highest BCUT2D eigenvalue weighted by molar-refractivity contribution is 6.23. The Kier molecular flexibility index (Phi) is 7.82. The quantitative estimate of drug-likeness (QED) is 0.408. The molecule has 0 fully saturated rings. The summed E-state index contributed by atoms with van der Waals surface area (Å²) in [6.07, 6.45) is 5.56. The predicted octanol–water partition coefficient (Wildman–Crippen LogP) is 5.92. The lowest BCUT2D eigenvalue weighted by atomic mass is 9.66. The van der Waals surface area contributed by atoms with Gasteiger partial charge in [-0.3, -0.25) is 9.59 Å². The summed E-state index contributed by atoms with van der Waals surface area (Å²) in [5, 5.41) is 21.8. The summed E-state index contributed by atoms with van der Waals surface area (Å²) in [4.78, 5) is 25.5. The van der Waals surface area contributed by atoms with E-state index in [-0.39, 0.29) is 29.1 Å². The molecule has 0 saturated heterocycles. The van der Waals surface area contributed by atoms with Gasteiger partial charge in [0.2, 0.25) is 0 Å². The molecule has 4 nitrogen and oxygen atoms in total. The minimum absolute atomic E-state index is 0.0920. The summed E-state index contributed by atoms with van der Waals surface area (Å²) in [6.45, 7) is 13.1. The van der Waals surface area contributed by atoms with Crippen LogP contribution >= 0.6 is 0 Å². The minimum Gasteiger partial charge on any atom is -0.511 e. The van der Waals surface area contributed by atoms with E-state index in [1.54, 1.807) is 0 Å². The van der Waals surface area contributed by atoms with Gasteiger partial charge in [-0.15, -0.1) is 0 Å². The van der Waals surface area contributed by atoms with Crippen LogP contribution in [-0.2, 0) is 9.59 Å². The van der Waals surface area contributed by atoms with Gasteiger partial charge in [0.05, 0.1) is 5.41 Å². The maximum Gasteiger partial charge on any atom is 0.184 e. The monoisotopic (exact) mass is 374 g/mol. The van der Waals surface area contributed by atoms with E-state index in [2.05, 4.69) is 13.8 Å². The van der Waals surface area contributed by atoms with Crippen LogP contribution in [0, 0.1) is 11.3 Å². The second kappa shape index (κ2) is 9.20. The number of aliphatic hydroxyl groups excluding tert-OH is 2. The van der Waals surface area contributed by atoms with Crippen LogP contribution in [0.4, 0.5) is 0 Å². The largest absolute Gasteiger partial charge is 0.511 e. The van der Waals surface area contributed by atoms with Crippen molar-refractivity contribution in [1.82, 2.24) is 0 Å². The molecule has 0 aromatic rings. The molecule has 0 radical (unpaired) electrons. The van der Waals surface area contributed by atoms with Crippen molar-refractivity contribution in [3.8, 4) is 0 Å². The molecule has 0 spiro atoms. The van der Waals surface area contributed by atoms with Crippen molar-refractivity contribution < 1.29 is 19.8 Å². The summed E-state index contributed by atoms with van der Waals surface area (Å²) in [7, 11) is 0. The molecule has 1 atom stereocenters. The number of carbonyl (C=O) groups excluding carboxylic acids is 2. The van der Waals surface area contributed by atoms with Crippen LogP contribution in [0.3, 0.4) is 0 Å². The van der Waals surface area contributed by atoms with E-state index in [0.717, 1.165) is 17.6 Å². The summed E-state index contributed by atoms with van der Waals surface area (Å²) in [5.41, 5.74) is 0.970. The van der Waals surface area contributed by atoms with Crippen LogP contribution in [0.1, 0.15) is 74.1 Å². The fourth-order valence-electron chi connectivity index (χ4n) is 3.27. The van der Waals surface area contributed by atoms with E-state index in [4.69, 9.17) is 0 Å². The van der Waals surface area contributed by atoms with Crippen LogP contribution in [0.15, 0.2) is 46.0 Å². The maximum absolute atomic E-state index is 13.3. The first-order valence-electron chi connectivity index (χ1n) is 9.62. The zero-order valence-corrected chi connectivity index (χ0v) is 17.8. The molecule has 1 unspecified atom stereocenters. The molecular formula is C23H34O4. The molecule has 0 aliphatic heterocycles. The van der Waals surface area contributed by atoms with Gasteiger partial charge >= 0.3 is 0 Å². The summed E-state index contributed by atoms with van der Waals surface area (Å²) in [6, 6.07) is 0. The second-order valence-electron chi connectivity index (χ2n) is 8.42. The predicted molar refractivity (Wildman–Crippen MR) is 110 cm³/mol. The molecule has 0 aromatic carbocycles. The lowest BCUT2D eigenvalue weighted by Gasteiger charge is -2.37. The SMILES string of the molecule is CC(=O)C1=C(O)C(CC=C(C)C)=C(O)C(CC=C(C)C)(CCC(C)C)C1=O. The highest BCUT2D eigenvalue weighted by Crippen LogP contribution is 2.47. The van der Waals surface area contributed by atoms with Gasteiger partial charge in [0.25, 0.3) is 0 Å². The average molecular weight is 375 g/mol. The smallest absolute Gasteiger partial charge is 0.184 e. The zero-order chi connectivity index (χ0) is 20.9. The molecule has 0 heterocycles. The number of ketones is 2. The van der Waals surface area contributed by atoms with Gasteiger partial charge in [-0.05, 0) is 66.2 Å². The van der Waals surface area contributed by atoms with Crippen LogP contribution in [0.2, 0.25) is 0 Å². The molecule has 27 heavy (non-hydrogen) atoms. The lowest BCUT2D eigenvalue weighted by Crippen LogP contribution is -2.40. The van der Waals surface area contributed by atoms with Crippen LogP contribution in [0.25, 0.3) is 0 Å². The van der Waals surface area contributed by atoms with Gasteiger partial charge in [-0.1, -0.05) is 37.1 Å². The van der Waals surface area contributed by atoms with E-state index in [1.807, 2.05) is 39.8 Å². The van der Waals surface area contributed by atoms with Gasteiger partial charge < -0.3 is 10.2 Å². The number of carbonyl (C=O) groups is 2. The number of hydrogen-bond acceptors (Lipinski definition) is 4. The van der Waals surface area contributed by atoms with Gasteiger partial charge in [0.15, 0.2) is 11.6 Å². The van der Waals surface area contributed by atoms with Gasteiger partial charge in [-0.2, -0.15) is 0 Å². The number of allylic oxidation sites excluding steroid dienone is 7. The average Bonchev–Trinajstić information content (AvgIpc) is 2.53. The number of hydrogen-bond donors (Lipinski definition) is 2. The summed E-state index contributed by atoms with van der Waals surface area (Å²) >= 11 is 0. The topological polar surface area (TPSA) is 74.6 Å². The standard InChI is InChI=1S/C23H34O4/c1-14(2)8-9-18-20(25)19(17(7)24)22(27)23(21(18)26,12-10-15(3)4)13-11-16(5)6/h8,10,16,25-26H,9,11-13H2,1-7H3. The fraction of sp³-hybridized carbons (Fsp3) is 0.565. The van der Waals surface area contributed by atoms with E-state index < -0.39 is 17.0 Å². The number of rotatable bonds is 8. The number of aliphatic hydroxyl groups is 2. The highest BCUT2D eigenvalue weighted by Gasteiger charge is 2.49. The van der Waals surface area contributed by atoms with E-state index in [1.165, 1.54) is 6.92 Å². The molecule has 0 amide bonds. The highest BCUT2D eigenvalue weighted by atomic mass is 16.3. The molecule has 2 N–H and O–H groups in total. The fourth-order valence-corrected chi connectivity index (χ4v) is 3.27. The van der Waals surface area contributed by atoms with E-state index >= 15 is 0 Å². The third kappa shape index (κ3) is 5.21. The molecule has 0 saturated carbocycles. The zero-order valence-electron chi connectivity index (χ0n) is 17.8. The Morgan fingerprint density at radius 1 is 1.04 bits per heavy atom. The van der Waals surface area contributed by atoms with Crippen LogP contribution < -0.4 is 0 Å². The Balaban J connectivity index is 3.70. The maximum atomic E-state index is 13.3. The van der Waals surface area contributed by atoms with Crippen molar-refractivity contribution in [2.75, 3.05) is 0 Å². The Morgan fingerprint density at radius 2 is 1.59 bits per heavy atom. The van der Waals surface area contributed by atoms with E-state index in [0.29, 0.717) is 18.8 Å². The van der Waals surface area contributed by atoms with Crippen molar-refractivity contribution in [3.63, 3.8) is 0 Å². The molecule has 1 aliphatic carbocycles. The molecular weight excluding hydrogens is 340 g/mol. The minimum atomic E-state index is -1.19. The Morgan fingerprint density at radius 3 is 2.04 bits per heavy atom. The third-order valence-electron chi connectivity index (χ3n) is 5.00. The van der Waals surface area contributed by atoms with Crippen LogP contribution in [0.5, 0.6) is 0 Å². The van der Waals surface area contributed by atoms with Crippen molar-refractivity contribution in [2.45, 2.75) is 74.1 Å². The van der Waals surface area contributed by atoms with Crippen molar-refractivity contribution >= 4 is 11.6 Å². The molecule has 0 aromatic heterocycles. The molecule has 0 bridgehead atoms. The number of Topliss-reactive ketones (excluding diaryl/α,β-unsaturated/α-hetero) is 2. The molecule has 1 rings (SSSR count). The lowest BCUT2D eigenvalue weighted by molar-refractivity contribution is -0.128. The van der Waals surface area contributed by atoms with Crippen molar-refractivity contribution in [2.24, 2.45) is 11.3 Å². The third-order valence-corrected chi connectivity index (χ3v) is 5.00. The Labute approximate surface area is 163 Å². The first-order chi connectivity index (χ1) is 12.4. The first-order valence-corrected chi connectivity index (χ1v) is 9.62. The van der Waals surface area contributed by atoms with Crippen molar-refractivity contribution in [3.05, 3.63) is 46.0 Å². The van der Waals surface area contributed by atoms with Gasteiger partial charge in [-0.25, -0.2) is 0 Å². The van der Waals surface area contributed by atoms with Crippen LogP contribution in [-0.4, -0.2) is 21.8 Å².